The maximum Gasteiger partial charge on any atom is 0.343 e. The van der Waals surface area contributed by atoms with Crippen LogP contribution in [0.5, 0.6) is 11.5 Å². The Morgan fingerprint density at radius 1 is 1.09 bits per heavy atom. The van der Waals surface area contributed by atoms with E-state index in [1.807, 2.05) is 56.3 Å². The Bertz CT molecular complexity index is 1400. The number of anilines is 1. The van der Waals surface area contributed by atoms with Crippen molar-refractivity contribution < 1.29 is 23.8 Å². The molecule has 4 aromatic rings. The summed E-state index contributed by atoms with van der Waals surface area (Å²) < 4.78 is 17.6. The van der Waals surface area contributed by atoms with E-state index in [0.717, 1.165) is 16.5 Å². The van der Waals surface area contributed by atoms with Crippen LogP contribution in [0.4, 0.5) is 5.82 Å². The van der Waals surface area contributed by atoms with E-state index in [2.05, 4.69) is 10.4 Å². The molecule has 0 aliphatic carbocycles. The number of ether oxygens (including phenoxy) is 3. The van der Waals surface area contributed by atoms with Crippen molar-refractivity contribution >= 4 is 28.6 Å². The zero-order chi connectivity index (χ0) is 24.9. The maximum atomic E-state index is 12.8. The number of pyridine rings is 1. The first kappa shape index (κ1) is 23.7. The van der Waals surface area contributed by atoms with Crippen molar-refractivity contribution in [3.63, 3.8) is 0 Å². The summed E-state index contributed by atoms with van der Waals surface area (Å²) in [7, 11) is 1.57. The summed E-state index contributed by atoms with van der Waals surface area (Å²) in [5.41, 5.74) is 2.68. The van der Waals surface area contributed by atoms with Crippen LogP contribution in [0.25, 0.3) is 16.7 Å². The van der Waals surface area contributed by atoms with Crippen LogP contribution in [0.1, 0.15) is 28.4 Å². The van der Waals surface area contributed by atoms with Gasteiger partial charge in [0, 0.05) is 5.39 Å². The maximum absolute atomic E-state index is 12.8. The quantitative estimate of drug-likeness (QED) is 0.381. The van der Waals surface area contributed by atoms with Gasteiger partial charge in [0.2, 0.25) is 0 Å². The summed E-state index contributed by atoms with van der Waals surface area (Å²) in [5, 5.41) is 7.99. The molecule has 0 bridgehead atoms. The topological polar surface area (TPSA) is 105 Å². The van der Waals surface area contributed by atoms with Crippen LogP contribution in [0.2, 0.25) is 0 Å². The number of methoxy groups -OCH3 is 1. The number of nitrogens with one attached hydrogen (secondary N) is 1. The Labute approximate surface area is 202 Å². The van der Waals surface area contributed by atoms with Crippen molar-refractivity contribution in [2.75, 3.05) is 25.6 Å². The van der Waals surface area contributed by atoms with Gasteiger partial charge in [-0.25, -0.2) is 9.78 Å². The molecular weight excluding hydrogens is 448 g/mol. The molecule has 0 saturated carbocycles. The van der Waals surface area contributed by atoms with Gasteiger partial charge in [-0.3, -0.25) is 4.79 Å². The molecule has 1 N–H and O–H groups in total. The van der Waals surface area contributed by atoms with Crippen LogP contribution in [-0.4, -0.2) is 47.0 Å². The van der Waals surface area contributed by atoms with Gasteiger partial charge >= 0.3 is 5.97 Å². The highest BCUT2D eigenvalue weighted by molar-refractivity contribution is 6.01. The fraction of sp³-hybridized carbons (Fsp3) is 0.231. The van der Waals surface area contributed by atoms with Gasteiger partial charge in [-0.1, -0.05) is 24.3 Å². The first-order chi connectivity index (χ1) is 16.9. The average Bonchev–Trinajstić information content (AvgIpc) is 3.26. The second kappa shape index (κ2) is 10.3. The normalized spacial score (nSPS) is 10.7. The molecule has 0 fully saturated rings. The number of amides is 1. The SMILES string of the molecule is CCOC(=O)c1cnn(-c2cc(C)c3cccc(OC)c3n2)c1NC(=O)COc1cccc(C)c1. The van der Waals surface area contributed by atoms with Gasteiger partial charge < -0.3 is 19.5 Å². The molecule has 0 spiro atoms. The van der Waals surface area contributed by atoms with E-state index in [-0.39, 0.29) is 24.6 Å². The zero-order valence-corrected chi connectivity index (χ0v) is 20.0. The first-order valence-corrected chi connectivity index (χ1v) is 11.1. The minimum atomic E-state index is -0.608. The molecule has 4 rings (SSSR count). The highest BCUT2D eigenvalue weighted by Crippen LogP contribution is 2.29. The monoisotopic (exact) mass is 474 g/mol. The van der Waals surface area contributed by atoms with Crippen molar-refractivity contribution in [1.29, 1.82) is 0 Å². The van der Waals surface area contributed by atoms with E-state index in [9.17, 15) is 9.59 Å². The molecule has 0 unspecified atom stereocenters. The summed E-state index contributed by atoms with van der Waals surface area (Å²) in [5.74, 6) is 0.644. The predicted octanol–water partition coefficient (Wildman–Crippen LogP) is 4.24. The third kappa shape index (κ3) is 5.08. The van der Waals surface area contributed by atoms with Crippen LogP contribution in [0.15, 0.2) is 54.7 Å². The number of aromatic nitrogens is 3. The van der Waals surface area contributed by atoms with Crippen LogP contribution >= 0.6 is 0 Å². The summed E-state index contributed by atoms with van der Waals surface area (Å²) >= 11 is 0. The van der Waals surface area contributed by atoms with Crippen LogP contribution in [-0.2, 0) is 9.53 Å². The van der Waals surface area contributed by atoms with E-state index in [0.29, 0.717) is 22.8 Å². The van der Waals surface area contributed by atoms with Gasteiger partial charge in [0.05, 0.1) is 19.9 Å². The number of carbonyl (C=O) groups excluding carboxylic acids is 2. The number of carbonyl (C=O) groups is 2. The Morgan fingerprint density at radius 2 is 1.89 bits per heavy atom. The molecule has 9 heteroatoms. The van der Waals surface area contributed by atoms with Crippen molar-refractivity contribution in [2.24, 2.45) is 0 Å². The first-order valence-electron chi connectivity index (χ1n) is 11.1. The minimum Gasteiger partial charge on any atom is -0.494 e. The van der Waals surface area contributed by atoms with E-state index < -0.39 is 11.9 Å². The lowest BCUT2D eigenvalue weighted by atomic mass is 10.1. The summed E-state index contributed by atoms with van der Waals surface area (Å²) in [6, 6.07) is 14.9. The molecule has 180 valence electrons. The van der Waals surface area contributed by atoms with E-state index in [1.165, 1.54) is 10.9 Å². The van der Waals surface area contributed by atoms with Gasteiger partial charge in [0.15, 0.2) is 18.2 Å². The summed E-state index contributed by atoms with van der Waals surface area (Å²) in [6.07, 6.45) is 1.35. The molecule has 9 nitrogen and oxygen atoms in total. The number of hydrogen-bond acceptors (Lipinski definition) is 7. The lowest BCUT2D eigenvalue weighted by molar-refractivity contribution is -0.118. The van der Waals surface area contributed by atoms with Gasteiger partial charge in [0.25, 0.3) is 5.91 Å². The highest BCUT2D eigenvalue weighted by Gasteiger charge is 2.23. The number of fused-ring (bicyclic) bond motifs is 1. The molecule has 0 aliphatic rings. The molecular formula is C26H26N4O5. The Hall–Kier alpha value is -4.40. The van der Waals surface area contributed by atoms with E-state index in [4.69, 9.17) is 19.2 Å². The zero-order valence-electron chi connectivity index (χ0n) is 20.0. The number of benzene rings is 2. The minimum absolute atomic E-state index is 0.107. The number of esters is 1. The molecule has 1 amide bonds. The lowest BCUT2D eigenvalue weighted by Crippen LogP contribution is -2.23. The molecule has 0 atom stereocenters. The second-order valence-corrected chi connectivity index (χ2v) is 7.85. The van der Waals surface area contributed by atoms with Gasteiger partial charge in [-0.05, 0) is 56.2 Å². The van der Waals surface area contributed by atoms with Gasteiger partial charge in [-0.2, -0.15) is 9.78 Å². The molecule has 0 saturated heterocycles. The number of hydrogen-bond donors (Lipinski definition) is 1. The molecule has 2 heterocycles. The fourth-order valence-corrected chi connectivity index (χ4v) is 3.67. The smallest absolute Gasteiger partial charge is 0.343 e. The summed E-state index contributed by atoms with van der Waals surface area (Å²) in [6.45, 7) is 5.51. The molecule has 2 aromatic carbocycles. The Balaban J connectivity index is 1.70. The largest absolute Gasteiger partial charge is 0.494 e. The Kier molecular flexibility index (Phi) is 6.96. The number of nitrogens with zero attached hydrogens (tertiary/aromatic N) is 3. The van der Waals surface area contributed by atoms with E-state index >= 15 is 0 Å². The molecule has 35 heavy (non-hydrogen) atoms. The number of aryl methyl sites for hydroxylation is 2. The number of para-hydroxylation sites is 1. The van der Waals surface area contributed by atoms with Crippen LogP contribution in [0.3, 0.4) is 0 Å². The Morgan fingerprint density at radius 3 is 2.63 bits per heavy atom. The third-order valence-corrected chi connectivity index (χ3v) is 5.31. The van der Waals surface area contributed by atoms with Crippen molar-refractivity contribution in [1.82, 2.24) is 14.8 Å². The molecule has 0 radical (unpaired) electrons. The predicted molar refractivity (Wildman–Crippen MR) is 131 cm³/mol. The van der Waals surface area contributed by atoms with E-state index in [1.54, 1.807) is 20.1 Å². The average molecular weight is 475 g/mol. The fourth-order valence-electron chi connectivity index (χ4n) is 3.67. The van der Waals surface area contributed by atoms with Crippen LogP contribution in [0, 0.1) is 13.8 Å². The second-order valence-electron chi connectivity index (χ2n) is 7.85. The van der Waals surface area contributed by atoms with Gasteiger partial charge in [0.1, 0.15) is 22.6 Å². The standard InChI is InChI=1S/C26H26N4O5/c1-5-34-26(32)20-14-27-30(22-13-17(3)19-10-7-11-21(33-4)24(19)28-22)25(20)29-23(31)15-35-18-9-6-8-16(2)12-18/h6-14H,5,15H2,1-4H3,(H,29,31). The van der Waals surface area contributed by atoms with Crippen molar-refractivity contribution in [3.8, 4) is 17.3 Å². The lowest BCUT2D eigenvalue weighted by Gasteiger charge is -2.13. The number of rotatable bonds is 8. The van der Waals surface area contributed by atoms with Crippen molar-refractivity contribution in [3.05, 3.63) is 71.4 Å². The highest BCUT2D eigenvalue weighted by atomic mass is 16.5. The van der Waals surface area contributed by atoms with Crippen molar-refractivity contribution in [2.45, 2.75) is 20.8 Å². The third-order valence-electron chi connectivity index (χ3n) is 5.31. The van der Waals surface area contributed by atoms with Gasteiger partial charge in [-0.15, -0.1) is 0 Å². The summed E-state index contributed by atoms with van der Waals surface area (Å²) in [4.78, 5) is 30.1. The molecule has 0 aliphatic heterocycles. The molecule has 2 aromatic heterocycles. The van der Waals surface area contributed by atoms with Crippen LogP contribution < -0.4 is 14.8 Å².